The molecule has 11 heteroatoms. The molecule has 0 aliphatic rings. The van der Waals surface area contributed by atoms with Gasteiger partial charge in [0.2, 0.25) is 5.95 Å². The average Bonchev–Trinajstić information content (AvgIpc) is 3.35. The van der Waals surface area contributed by atoms with E-state index in [2.05, 4.69) is 21.9 Å². The van der Waals surface area contributed by atoms with Crippen molar-refractivity contribution in [1.82, 2.24) is 19.5 Å². The number of esters is 2. The third-order valence-electron chi connectivity index (χ3n) is 7.71. The Morgan fingerprint density at radius 1 is 1.00 bits per heavy atom. The van der Waals surface area contributed by atoms with Gasteiger partial charge in [-0.3, -0.25) is 19.4 Å². The van der Waals surface area contributed by atoms with Crippen molar-refractivity contribution in [3.63, 3.8) is 0 Å². The van der Waals surface area contributed by atoms with Crippen LogP contribution >= 0.6 is 0 Å². The fourth-order valence-corrected chi connectivity index (χ4v) is 4.74. The van der Waals surface area contributed by atoms with Crippen LogP contribution in [0, 0.1) is 11.8 Å². The van der Waals surface area contributed by atoms with E-state index in [-0.39, 0.29) is 42.5 Å². The fourth-order valence-electron chi connectivity index (χ4n) is 4.74. The number of hydrogen-bond donors (Lipinski definition) is 3. The summed E-state index contributed by atoms with van der Waals surface area (Å²) in [5.41, 5.74) is 11.8. The molecule has 0 radical (unpaired) electrons. The Hall–Kier alpha value is -2.95. The second-order valence-electron chi connectivity index (χ2n) is 11.2. The first-order valence-corrected chi connectivity index (χ1v) is 15.5. The van der Waals surface area contributed by atoms with Crippen molar-refractivity contribution in [2.75, 3.05) is 18.9 Å². The van der Waals surface area contributed by atoms with Crippen molar-refractivity contribution >= 4 is 29.1 Å². The van der Waals surface area contributed by atoms with Crippen LogP contribution in [0.15, 0.2) is 11.1 Å². The Morgan fingerprint density at radius 3 is 2.27 bits per heavy atom. The SMILES string of the molecule is CCCCCCCCCCCCCC(=O)OC[C@H](CCOC(=O)[C@@H](N)C(C)CC)Cn1cnc2c(=O)[nH]c(N)nc21. The highest BCUT2D eigenvalue weighted by Gasteiger charge is 2.22. The van der Waals surface area contributed by atoms with E-state index in [1.165, 1.54) is 57.7 Å². The van der Waals surface area contributed by atoms with Crippen molar-refractivity contribution in [2.45, 2.75) is 123 Å². The Kier molecular flexibility index (Phi) is 16.1. The smallest absolute Gasteiger partial charge is 0.323 e. The molecule has 5 N–H and O–H groups in total. The molecule has 2 aromatic rings. The number of nitrogens with one attached hydrogen (secondary N) is 1. The lowest BCUT2D eigenvalue weighted by Gasteiger charge is -2.20. The number of H-pyrrole nitrogens is 1. The van der Waals surface area contributed by atoms with E-state index in [1.807, 2.05) is 13.8 Å². The summed E-state index contributed by atoms with van der Waals surface area (Å²) >= 11 is 0. The van der Waals surface area contributed by atoms with Crippen LogP contribution in [-0.4, -0.2) is 50.7 Å². The van der Waals surface area contributed by atoms with E-state index in [4.69, 9.17) is 20.9 Å². The number of imidazole rings is 1. The van der Waals surface area contributed by atoms with Crippen LogP contribution in [0.25, 0.3) is 11.2 Å². The summed E-state index contributed by atoms with van der Waals surface area (Å²) in [6.45, 7) is 6.75. The maximum Gasteiger partial charge on any atom is 0.323 e. The average molecular weight is 577 g/mol. The maximum atomic E-state index is 12.5. The van der Waals surface area contributed by atoms with Crippen LogP contribution < -0.4 is 17.0 Å². The number of unbranched alkanes of at least 4 members (excludes halogenated alkanes) is 10. The van der Waals surface area contributed by atoms with Crippen LogP contribution in [0.1, 0.15) is 111 Å². The Labute approximate surface area is 244 Å². The summed E-state index contributed by atoms with van der Waals surface area (Å²) in [4.78, 5) is 47.8. The van der Waals surface area contributed by atoms with Crippen molar-refractivity contribution in [2.24, 2.45) is 17.6 Å². The van der Waals surface area contributed by atoms with Crippen LogP contribution in [0.3, 0.4) is 0 Å². The van der Waals surface area contributed by atoms with Gasteiger partial charge in [0.15, 0.2) is 11.2 Å². The van der Waals surface area contributed by atoms with Crippen LogP contribution in [0.5, 0.6) is 0 Å². The zero-order valence-electron chi connectivity index (χ0n) is 25.4. The number of fused-ring (bicyclic) bond motifs is 1. The van der Waals surface area contributed by atoms with E-state index in [9.17, 15) is 14.4 Å². The quantitative estimate of drug-likeness (QED) is 0.131. The fraction of sp³-hybridized carbons (Fsp3) is 0.767. The van der Waals surface area contributed by atoms with Crippen LogP contribution in [0.2, 0.25) is 0 Å². The summed E-state index contributed by atoms with van der Waals surface area (Å²) < 4.78 is 12.8. The van der Waals surface area contributed by atoms with Gasteiger partial charge in [-0.05, 0) is 18.8 Å². The first kappa shape index (κ1) is 34.3. The lowest BCUT2D eigenvalue weighted by molar-refractivity contribution is -0.149. The molecular weight excluding hydrogens is 524 g/mol. The molecule has 0 bridgehead atoms. The molecule has 0 aliphatic carbocycles. The van der Waals surface area contributed by atoms with Gasteiger partial charge in [0.25, 0.3) is 5.56 Å². The van der Waals surface area contributed by atoms with E-state index in [0.29, 0.717) is 25.0 Å². The third-order valence-corrected chi connectivity index (χ3v) is 7.71. The predicted molar refractivity (Wildman–Crippen MR) is 161 cm³/mol. The number of carbonyl (C=O) groups excluding carboxylic acids is 2. The number of nitrogen functional groups attached to an aromatic ring is 1. The molecule has 0 fully saturated rings. The molecule has 0 saturated carbocycles. The first-order chi connectivity index (χ1) is 19.8. The van der Waals surface area contributed by atoms with Crippen LogP contribution in [0.4, 0.5) is 5.95 Å². The van der Waals surface area contributed by atoms with Crippen molar-refractivity contribution in [3.8, 4) is 0 Å². The molecule has 3 atom stereocenters. The van der Waals surface area contributed by atoms with E-state index in [0.717, 1.165) is 25.7 Å². The molecule has 0 amide bonds. The monoisotopic (exact) mass is 576 g/mol. The highest BCUT2D eigenvalue weighted by Crippen LogP contribution is 2.16. The normalized spacial score (nSPS) is 13.7. The lowest BCUT2D eigenvalue weighted by Crippen LogP contribution is -2.38. The third kappa shape index (κ3) is 12.6. The van der Waals surface area contributed by atoms with Gasteiger partial charge in [-0.25, -0.2) is 4.98 Å². The molecule has 0 spiro atoms. The van der Waals surface area contributed by atoms with Gasteiger partial charge in [0, 0.05) is 18.9 Å². The van der Waals surface area contributed by atoms with Crippen molar-refractivity contribution < 1.29 is 19.1 Å². The number of nitrogens with zero attached hydrogens (tertiary/aromatic N) is 3. The summed E-state index contributed by atoms with van der Waals surface area (Å²) in [6.07, 6.45) is 16.5. The number of aromatic nitrogens is 4. The standard InChI is InChI=1S/C30H52N6O5/c1-4-6-7-8-9-10-11-12-13-14-15-16-24(37)41-20-23(17-18-40-29(39)25(31)22(3)5-2)19-36-21-33-26-27(36)34-30(32)35-28(26)38/h21-23,25H,4-20,31H2,1-3H3,(H3,32,34,35,38)/t22?,23-,25+/m1/s1. The topological polar surface area (TPSA) is 168 Å². The van der Waals surface area contributed by atoms with Gasteiger partial charge in [-0.15, -0.1) is 0 Å². The number of rotatable bonds is 22. The van der Waals surface area contributed by atoms with Crippen molar-refractivity contribution in [3.05, 3.63) is 16.7 Å². The summed E-state index contributed by atoms with van der Waals surface area (Å²) in [6, 6.07) is -0.682. The Bertz CT molecular complexity index is 1100. The molecule has 0 aromatic carbocycles. The molecule has 2 rings (SSSR count). The number of carbonyl (C=O) groups is 2. The molecule has 0 saturated heterocycles. The minimum Gasteiger partial charge on any atom is -0.465 e. The number of aromatic amines is 1. The highest BCUT2D eigenvalue weighted by atomic mass is 16.5. The lowest BCUT2D eigenvalue weighted by atomic mass is 10.0. The zero-order chi connectivity index (χ0) is 30.0. The molecule has 232 valence electrons. The van der Waals surface area contributed by atoms with E-state index >= 15 is 0 Å². The number of anilines is 1. The van der Waals surface area contributed by atoms with Gasteiger partial charge < -0.3 is 25.5 Å². The molecule has 1 unspecified atom stereocenters. The number of nitrogens with two attached hydrogens (primary N) is 2. The van der Waals surface area contributed by atoms with Gasteiger partial charge in [0.05, 0.1) is 19.5 Å². The number of ether oxygens (including phenoxy) is 2. The first-order valence-electron chi connectivity index (χ1n) is 15.5. The minimum atomic E-state index is -0.682. The largest absolute Gasteiger partial charge is 0.465 e. The Balaban J connectivity index is 1.82. The second-order valence-corrected chi connectivity index (χ2v) is 11.2. The van der Waals surface area contributed by atoms with Crippen molar-refractivity contribution in [1.29, 1.82) is 0 Å². The van der Waals surface area contributed by atoms with E-state index in [1.54, 1.807) is 4.57 Å². The van der Waals surface area contributed by atoms with Gasteiger partial charge in [0.1, 0.15) is 6.04 Å². The second kappa shape index (κ2) is 19.2. The molecule has 0 aliphatic heterocycles. The Morgan fingerprint density at radius 2 is 1.63 bits per heavy atom. The summed E-state index contributed by atoms with van der Waals surface area (Å²) in [5, 5.41) is 0. The van der Waals surface area contributed by atoms with Gasteiger partial charge >= 0.3 is 11.9 Å². The zero-order valence-corrected chi connectivity index (χ0v) is 25.4. The molecule has 2 heterocycles. The van der Waals surface area contributed by atoms with E-state index < -0.39 is 17.6 Å². The maximum absolute atomic E-state index is 12.5. The molecular formula is C30H52N6O5. The predicted octanol–water partition coefficient (Wildman–Crippen LogP) is 4.87. The molecule has 41 heavy (non-hydrogen) atoms. The summed E-state index contributed by atoms with van der Waals surface area (Å²) in [7, 11) is 0. The summed E-state index contributed by atoms with van der Waals surface area (Å²) in [5.74, 6) is -0.880. The van der Waals surface area contributed by atoms with Gasteiger partial charge in [-0.1, -0.05) is 91.4 Å². The number of hydrogen-bond acceptors (Lipinski definition) is 9. The molecule has 2 aromatic heterocycles. The minimum absolute atomic E-state index is 0.00726. The highest BCUT2D eigenvalue weighted by molar-refractivity contribution is 5.75. The van der Waals surface area contributed by atoms with Crippen LogP contribution in [-0.2, 0) is 25.6 Å². The van der Waals surface area contributed by atoms with Gasteiger partial charge in [-0.2, -0.15) is 4.98 Å². The molecule has 11 nitrogen and oxygen atoms in total.